The van der Waals surface area contributed by atoms with Gasteiger partial charge < -0.3 is 9.73 Å². The molecule has 106 valence electrons. The molecule has 1 aromatic carbocycles. The molecule has 0 spiro atoms. The summed E-state index contributed by atoms with van der Waals surface area (Å²) >= 11 is 4.67. The fourth-order valence-electron chi connectivity index (χ4n) is 1.77. The molecule has 1 N–H and O–H groups in total. The molecule has 3 rings (SSSR count). The van der Waals surface area contributed by atoms with Crippen molar-refractivity contribution in [3.8, 4) is 0 Å². The lowest BCUT2D eigenvalue weighted by Crippen LogP contribution is -2.19. The molecule has 0 atom stereocenters. The van der Waals surface area contributed by atoms with Crippen molar-refractivity contribution in [2.45, 2.75) is 6.92 Å². The molecule has 2 heterocycles. The fraction of sp³-hybridized carbons (Fsp3) is 0.0667. The number of aliphatic imine (C=N–C) groups is 1. The topological polar surface area (TPSA) is 54.6 Å². The van der Waals surface area contributed by atoms with Gasteiger partial charge in [-0.3, -0.25) is 4.79 Å². The van der Waals surface area contributed by atoms with E-state index < -0.39 is 0 Å². The molecule has 1 aromatic heterocycles. The van der Waals surface area contributed by atoms with Crippen molar-refractivity contribution < 1.29 is 9.21 Å². The highest BCUT2D eigenvalue weighted by atomic mass is 79.9. The summed E-state index contributed by atoms with van der Waals surface area (Å²) in [6, 6.07) is 11.3. The zero-order chi connectivity index (χ0) is 14.8. The van der Waals surface area contributed by atoms with Crippen LogP contribution in [0.5, 0.6) is 0 Å². The number of thioether (sulfide) groups is 1. The molecule has 1 saturated heterocycles. The number of furan rings is 1. The van der Waals surface area contributed by atoms with E-state index in [-0.39, 0.29) is 5.91 Å². The number of nitrogens with one attached hydrogen (secondary N) is 1. The highest BCUT2D eigenvalue weighted by Crippen LogP contribution is 2.28. The van der Waals surface area contributed by atoms with Crippen LogP contribution in [-0.2, 0) is 4.79 Å². The van der Waals surface area contributed by atoms with Crippen molar-refractivity contribution in [1.82, 2.24) is 5.32 Å². The van der Waals surface area contributed by atoms with Gasteiger partial charge in [-0.2, -0.15) is 0 Å². The van der Waals surface area contributed by atoms with Crippen molar-refractivity contribution in [3.63, 3.8) is 0 Å². The molecule has 1 aliphatic heterocycles. The van der Waals surface area contributed by atoms with Gasteiger partial charge in [-0.15, -0.1) is 0 Å². The first-order valence-corrected chi connectivity index (χ1v) is 7.83. The van der Waals surface area contributed by atoms with Crippen LogP contribution in [0.2, 0.25) is 0 Å². The molecule has 0 bridgehead atoms. The summed E-state index contributed by atoms with van der Waals surface area (Å²) in [6.07, 6.45) is 1.72. The Labute approximate surface area is 134 Å². The lowest BCUT2D eigenvalue weighted by atomic mass is 10.3. The van der Waals surface area contributed by atoms with Crippen LogP contribution in [0.15, 0.2) is 55.2 Å². The third-order valence-corrected chi connectivity index (χ3v) is 4.18. The molecule has 0 aliphatic carbocycles. The molecule has 6 heteroatoms. The summed E-state index contributed by atoms with van der Waals surface area (Å²) in [5, 5.41) is 3.31. The maximum Gasteiger partial charge on any atom is 0.264 e. The third-order valence-electron chi connectivity index (χ3n) is 2.74. The van der Waals surface area contributed by atoms with E-state index >= 15 is 0 Å². The van der Waals surface area contributed by atoms with Crippen LogP contribution in [0.4, 0.5) is 5.69 Å². The SMILES string of the molecule is Cc1ccc(C=C2SC(=Nc3ccc(Br)cc3)NC2=O)o1. The van der Waals surface area contributed by atoms with Crippen molar-refractivity contribution in [2.24, 2.45) is 4.99 Å². The van der Waals surface area contributed by atoms with E-state index in [4.69, 9.17) is 4.42 Å². The standard InChI is InChI=1S/C15H11BrN2O2S/c1-9-2-7-12(20-9)8-13-14(19)18-15(21-13)17-11-5-3-10(16)4-6-11/h2-8H,1H3,(H,17,18,19). The van der Waals surface area contributed by atoms with Crippen LogP contribution >= 0.6 is 27.7 Å². The molecule has 4 nitrogen and oxygen atoms in total. The van der Waals surface area contributed by atoms with Gasteiger partial charge >= 0.3 is 0 Å². The number of carbonyl (C=O) groups excluding carboxylic acids is 1. The first-order valence-electron chi connectivity index (χ1n) is 6.22. The predicted molar refractivity (Wildman–Crippen MR) is 88.4 cm³/mol. The number of nitrogens with zero attached hydrogens (tertiary/aromatic N) is 1. The molecular formula is C15H11BrN2O2S. The first-order chi connectivity index (χ1) is 10.1. The van der Waals surface area contributed by atoms with Gasteiger partial charge in [0.25, 0.3) is 5.91 Å². The van der Waals surface area contributed by atoms with Crippen LogP contribution in [0.1, 0.15) is 11.5 Å². The number of benzene rings is 1. The van der Waals surface area contributed by atoms with Gasteiger partial charge in [0.2, 0.25) is 0 Å². The van der Waals surface area contributed by atoms with Crippen molar-refractivity contribution in [1.29, 1.82) is 0 Å². The van der Waals surface area contributed by atoms with Gasteiger partial charge in [0, 0.05) is 10.5 Å². The molecule has 21 heavy (non-hydrogen) atoms. The average molecular weight is 363 g/mol. The zero-order valence-electron chi connectivity index (χ0n) is 11.1. The number of amidine groups is 1. The molecule has 1 aliphatic rings. The Kier molecular flexibility index (Phi) is 3.98. The maximum atomic E-state index is 11.9. The Hall–Kier alpha value is -1.79. The lowest BCUT2D eigenvalue weighted by Gasteiger charge is -1.96. The summed E-state index contributed by atoms with van der Waals surface area (Å²) in [4.78, 5) is 16.9. The fourth-order valence-corrected chi connectivity index (χ4v) is 2.86. The molecule has 0 radical (unpaired) electrons. The minimum Gasteiger partial charge on any atom is -0.462 e. The number of hydrogen-bond acceptors (Lipinski definition) is 4. The predicted octanol–water partition coefficient (Wildman–Crippen LogP) is 4.24. The monoisotopic (exact) mass is 362 g/mol. The van der Waals surface area contributed by atoms with Gasteiger partial charge in [0.15, 0.2) is 5.17 Å². The Morgan fingerprint density at radius 3 is 2.67 bits per heavy atom. The van der Waals surface area contributed by atoms with E-state index in [1.807, 2.05) is 43.3 Å². The second kappa shape index (κ2) is 5.91. The van der Waals surface area contributed by atoms with E-state index in [1.165, 1.54) is 11.8 Å². The Balaban J connectivity index is 1.81. The number of hydrogen-bond donors (Lipinski definition) is 1. The van der Waals surface area contributed by atoms with Gasteiger partial charge in [-0.05, 0) is 55.1 Å². The van der Waals surface area contributed by atoms with E-state index in [0.717, 1.165) is 15.9 Å². The maximum absolute atomic E-state index is 11.9. The molecule has 1 amide bonds. The van der Waals surface area contributed by atoms with Crippen LogP contribution in [-0.4, -0.2) is 11.1 Å². The second-order valence-corrected chi connectivity index (χ2v) is 6.35. The highest BCUT2D eigenvalue weighted by Gasteiger charge is 2.24. The molecule has 0 unspecified atom stereocenters. The largest absolute Gasteiger partial charge is 0.462 e. The summed E-state index contributed by atoms with van der Waals surface area (Å²) in [6.45, 7) is 1.87. The van der Waals surface area contributed by atoms with Crippen molar-refractivity contribution in [3.05, 3.63) is 57.3 Å². The number of carbonyl (C=O) groups is 1. The van der Waals surface area contributed by atoms with Gasteiger partial charge in [-0.1, -0.05) is 15.9 Å². The first kappa shape index (κ1) is 14.2. The van der Waals surface area contributed by atoms with Gasteiger partial charge in [0.1, 0.15) is 11.5 Å². The van der Waals surface area contributed by atoms with Crippen LogP contribution in [0, 0.1) is 6.92 Å². The average Bonchev–Trinajstić information content (AvgIpc) is 3.00. The zero-order valence-corrected chi connectivity index (χ0v) is 13.5. The van der Waals surface area contributed by atoms with E-state index in [9.17, 15) is 4.79 Å². The highest BCUT2D eigenvalue weighted by molar-refractivity contribution is 9.10. The summed E-state index contributed by atoms with van der Waals surface area (Å²) < 4.78 is 6.43. The van der Waals surface area contributed by atoms with E-state index in [1.54, 1.807) is 6.08 Å². The molecule has 1 fully saturated rings. The van der Waals surface area contributed by atoms with E-state index in [0.29, 0.717) is 15.8 Å². The van der Waals surface area contributed by atoms with Gasteiger partial charge in [-0.25, -0.2) is 4.99 Å². The molecular weight excluding hydrogens is 352 g/mol. The quantitative estimate of drug-likeness (QED) is 0.812. The minimum absolute atomic E-state index is 0.162. The normalized spacial score (nSPS) is 18.5. The second-order valence-electron chi connectivity index (χ2n) is 4.41. The van der Waals surface area contributed by atoms with E-state index in [2.05, 4.69) is 26.2 Å². The van der Waals surface area contributed by atoms with Crippen LogP contribution in [0.3, 0.4) is 0 Å². The smallest absolute Gasteiger partial charge is 0.264 e. The van der Waals surface area contributed by atoms with Gasteiger partial charge in [0.05, 0.1) is 10.6 Å². The van der Waals surface area contributed by atoms with Crippen molar-refractivity contribution in [2.75, 3.05) is 0 Å². The Morgan fingerprint density at radius 1 is 1.24 bits per heavy atom. The third kappa shape index (κ3) is 3.46. The van der Waals surface area contributed by atoms with Crippen molar-refractivity contribution >= 4 is 50.5 Å². The summed E-state index contributed by atoms with van der Waals surface area (Å²) in [7, 11) is 0. The molecule has 2 aromatic rings. The summed E-state index contributed by atoms with van der Waals surface area (Å²) in [5.41, 5.74) is 0.788. The minimum atomic E-state index is -0.162. The number of rotatable bonds is 2. The Bertz CT molecular complexity index is 747. The van der Waals surface area contributed by atoms with Crippen LogP contribution in [0.25, 0.3) is 6.08 Å². The number of halogens is 1. The summed E-state index contributed by atoms with van der Waals surface area (Å²) in [5.74, 6) is 1.31. The number of aryl methyl sites for hydroxylation is 1. The number of amides is 1. The Morgan fingerprint density at radius 2 is 2.00 bits per heavy atom. The van der Waals surface area contributed by atoms with Crippen LogP contribution < -0.4 is 5.32 Å². The molecule has 0 saturated carbocycles. The lowest BCUT2D eigenvalue weighted by molar-refractivity contribution is -0.115.